The third-order valence-electron chi connectivity index (χ3n) is 3.06. The first kappa shape index (κ1) is 15.2. The van der Waals surface area contributed by atoms with Gasteiger partial charge in [-0.05, 0) is 36.8 Å². The zero-order valence-electron chi connectivity index (χ0n) is 11.4. The molecule has 0 saturated heterocycles. The van der Waals surface area contributed by atoms with Crippen LogP contribution in [-0.4, -0.2) is 13.4 Å². The van der Waals surface area contributed by atoms with Gasteiger partial charge in [-0.15, -0.1) is 11.3 Å². The van der Waals surface area contributed by atoms with Gasteiger partial charge in [0, 0.05) is 16.6 Å². The van der Waals surface area contributed by atoms with E-state index in [1.54, 1.807) is 43.6 Å². The summed E-state index contributed by atoms with van der Waals surface area (Å²) in [6, 6.07) is 6.87. The first-order chi connectivity index (χ1) is 10.4. The molecule has 8 heteroatoms. The molecule has 5 nitrogen and oxygen atoms in total. The summed E-state index contributed by atoms with van der Waals surface area (Å²) in [5.74, 6) is 1.06. The van der Waals surface area contributed by atoms with Crippen molar-refractivity contribution in [1.82, 2.24) is 4.98 Å². The Morgan fingerprint density at radius 3 is 2.55 bits per heavy atom. The van der Waals surface area contributed by atoms with E-state index in [1.807, 2.05) is 0 Å². The van der Waals surface area contributed by atoms with E-state index in [1.165, 1.54) is 0 Å². The summed E-state index contributed by atoms with van der Waals surface area (Å²) >= 11 is 6.92. The van der Waals surface area contributed by atoms with Gasteiger partial charge in [-0.3, -0.25) is 4.98 Å². The summed E-state index contributed by atoms with van der Waals surface area (Å²) in [5.41, 5.74) is 0.564. The summed E-state index contributed by atoms with van der Waals surface area (Å²) in [5, 5.41) is 6.54. The normalized spacial score (nSPS) is 11.8. The van der Waals surface area contributed by atoms with Gasteiger partial charge in [0.1, 0.15) is 9.96 Å². The number of hydrogen-bond acceptors (Lipinski definition) is 5. The Labute approximate surface area is 136 Å². The fourth-order valence-corrected chi connectivity index (χ4v) is 4.44. The van der Waals surface area contributed by atoms with E-state index in [-0.39, 0.29) is 4.21 Å². The topological polar surface area (TPSA) is 82.3 Å². The highest BCUT2D eigenvalue weighted by atomic mass is 35.5. The molecule has 2 aromatic heterocycles. The number of halogens is 1. The summed E-state index contributed by atoms with van der Waals surface area (Å²) in [4.78, 5) is 4.09. The minimum atomic E-state index is -3.77. The lowest BCUT2D eigenvalue weighted by Crippen LogP contribution is -2.11. The van der Waals surface area contributed by atoms with Crippen LogP contribution < -0.4 is 9.88 Å². The number of pyridine rings is 1. The van der Waals surface area contributed by atoms with Crippen LogP contribution in [0.4, 0.5) is 0 Å². The summed E-state index contributed by atoms with van der Waals surface area (Å²) in [6.07, 6.45) is 3.14. The lowest BCUT2D eigenvalue weighted by molar-refractivity contribution is 0.486. The molecular formula is C14H11ClN2O3S2. The number of ether oxygens (including phenoxy) is 1. The molecule has 114 valence electrons. The predicted molar refractivity (Wildman–Crippen MR) is 87.3 cm³/mol. The second kappa shape index (κ2) is 5.51. The number of hydrogen-bond donors (Lipinski definition) is 1. The van der Waals surface area contributed by atoms with Crippen LogP contribution in [0.5, 0.6) is 11.5 Å². The molecule has 3 rings (SSSR count). The second-order valence-electron chi connectivity index (χ2n) is 4.63. The molecule has 2 heterocycles. The minimum absolute atomic E-state index is 0.122. The van der Waals surface area contributed by atoms with Crippen molar-refractivity contribution in [3.05, 3.63) is 47.2 Å². The van der Waals surface area contributed by atoms with E-state index in [0.717, 1.165) is 11.3 Å². The maximum atomic E-state index is 11.6. The summed E-state index contributed by atoms with van der Waals surface area (Å²) in [6.45, 7) is 1.70. The van der Waals surface area contributed by atoms with E-state index in [0.29, 0.717) is 32.2 Å². The van der Waals surface area contributed by atoms with Crippen molar-refractivity contribution < 1.29 is 13.2 Å². The Morgan fingerprint density at radius 1 is 1.23 bits per heavy atom. The number of aromatic nitrogens is 1. The molecule has 0 spiro atoms. The van der Waals surface area contributed by atoms with Crippen LogP contribution in [0, 0.1) is 6.92 Å². The van der Waals surface area contributed by atoms with Crippen molar-refractivity contribution in [2.45, 2.75) is 11.1 Å². The molecule has 1 aromatic carbocycles. The zero-order valence-corrected chi connectivity index (χ0v) is 13.8. The fourth-order valence-electron chi connectivity index (χ4n) is 2.13. The average molecular weight is 355 g/mol. The van der Waals surface area contributed by atoms with Crippen LogP contribution in [0.3, 0.4) is 0 Å². The van der Waals surface area contributed by atoms with Crippen LogP contribution in [0.1, 0.15) is 5.56 Å². The van der Waals surface area contributed by atoms with Crippen molar-refractivity contribution in [2.75, 3.05) is 0 Å². The molecule has 3 aromatic rings. The van der Waals surface area contributed by atoms with Crippen molar-refractivity contribution >= 4 is 43.0 Å². The highest BCUT2D eigenvalue weighted by Gasteiger charge is 2.20. The fraction of sp³-hybridized carbons (Fsp3) is 0.0714. The van der Waals surface area contributed by atoms with E-state index in [4.69, 9.17) is 21.5 Å². The number of nitrogens with zero attached hydrogens (tertiary/aromatic N) is 1. The number of thiophene rings is 1. The molecule has 0 amide bonds. The van der Waals surface area contributed by atoms with Gasteiger partial charge in [0.2, 0.25) is 10.0 Å². The molecule has 0 bridgehead atoms. The van der Waals surface area contributed by atoms with Gasteiger partial charge in [-0.2, -0.15) is 0 Å². The average Bonchev–Trinajstić information content (AvgIpc) is 2.80. The Balaban J connectivity index is 2.14. The molecule has 0 saturated carbocycles. The van der Waals surface area contributed by atoms with Crippen LogP contribution >= 0.6 is 22.9 Å². The number of benzene rings is 1. The minimum Gasteiger partial charge on any atom is -0.455 e. The number of aryl methyl sites for hydroxylation is 1. The van der Waals surface area contributed by atoms with E-state index in [9.17, 15) is 8.42 Å². The number of nitrogens with two attached hydrogens (primary N) is 1. The number of rotatable bonds is 3. The SMILES string of the molecule is Cc1c(S(N)(=O)=O)sc2cncc(Oc3ccc(Cl)cc3)c12. The highest BCUT2D eigenvalue weighted by Crippen LogP contribution is 2.39. The third-order valence-corrected chi connectivity index (χ3v) is 6.10. The molecule has 0 unspecified atom stereocenters. The van der Waals surface area contributed by atoms with E-state index >= 15 is 0 Å². The first-order valence-electron chi connectivity index (χ1n) is 6.19. The zero-order chi connectivity index (χ0) is 15.9. The Morgan fingerprint density at radius 2 is 1.91 bits per heavy atom. The number of primary sulfonamides is 1. The Hall–Kier alpha value is -1.67. The van der Waals surface area contributed by atoms with Crippen molar-refractivity contribution in [3.63, 3.8) is 0 Å². The highest BCUT2D eigenvalue weighted by molar-refractivity contribution is 7.91. The van der Waals surface area contributed by atoms with E-state index < -0.39 is 10.0 Å². The summed E-state index contributed by atoms with van der Waals surface area (Å²) < 4.78 is 29.9. The molecule has 0 aliphatic rings. The Kier molecular flexibility index (Phi) is 3.82. The van der Waals surface area contributed by atoms with Gasteiger partial charge in [0.05, 0.1) is 10.9 Å². The molecule has 0 aliphatic heterocycles. The summed E-state index contributed by atoms with van der Waals surface area (Å²) in [7, 11) is -3.77. The first-order valence-corrected chi connectivity index (χ1v) is 8.93. The Bertz CT molecular complexity index is 950. The lowest BCUT2D eigenvalue weighted by atomic mass is 10.2. The second-order valence-corrected chi connectivity index (χ2v) is 7.87. The standard InChI is InChI=1S/C14H11ClN2O3S2/c1-8-13-11(20-10-4-2-9(15)3-5-10)6-17-7-12(13)21-14(8)22(16,18)19/h2-7H,1H3,(H2,16,18,19). The molecule has 22 heavy (non-hydrogen) atoms. The molecule has 2 N–H and O–H groups in total. The quantitative estimate of drug-likeness (QED) is 0.777. The van der Waals surface area contributed by atoms with E-state index in [2.05, 4.69) is 4.98 Å². The number of fused-ring (bicyclic) bond motifs is 1. The van der Waals surface area contributed by atoms with Gasteiger partial charge in [-0.1, -0.05) is 11.6 Å². The molecule has 0 atom stereocenters. The smallest absolute Gasteiger partial charge is 0.247 e. The van der Waals surface area contributed by atoms with Crippen molar-refractivity contribution in [1.29, 1.82) is 0 Å². The van der Waals surface area contributed by atoms with Gasteiger partial charge < -0.3 is 4.74 Å². The molecule has 0 radical (unpaired) electrons. The van der Waals surface area contributed by atoms with Gasteiger partial charge in [0.15, 0.2) is 5.75 Å². The van der Waals surface area contributed by atoms with Crippen molar-refractivity contribution in [2.24, 2.45) is 5.14 Å². The largest absolute Gasteiger partial charge is 0.455 e. The molecular weight excluding hydrogens is 344 g/mol. The van der Waals surface area contributed by atoms with Gasteiger partial charge in [0.25, 0.3) is 0 Å². The predicted octanol–water partition coefficient (Wildman–Crippen LogP) is 3.70. The van der Waals surface area contributed by atoms with Crippen LogP contribution in [0.15, 0.2) is 40.9 Å². The van der Waals surface area contributed by atoms with Gasteiger partial charge in [-0.25, -0.2) is 13.6 Å². The third kappa shape index (κ3) is 2.80. The molecule has 0 fully saturated rings. The van der Waals surface area contributed by atoms with Crippen LogP contribution in [-0.2, 0) is 10.0 Å². The maximum absolute atomic E-state index is 11.6. The lowest BCUT2D eigenvalue weighted by Gasteiger charge is -2.07. The van der Waals surface area contributed by atoms with Crippen molar-refractivity contribution in [3.8, 4) is 11.5 Å². The molecule has 0 aliphatic carbocycles. The number of sulfonamides is 1. The van der Waals surface area contributed by atoms with Crippen LogP contribution in [0.25, 0.3) is 10.1 Å². The monoisotopic (exact) mass is 354 g/mol. The van der Waals surface area contributed by atoms with Crippen LogP contribution in [0.2, 0.25) is 5.02 Å². The maximum Gasteiger partial charge on any atom is 0.247 e. The van der Waals surface area contributed by atoms with Gasteiger partial charge >= 0.3 is 0 Å².